The van der Waals surface area contributed by atoms with E-state index in [1.807, 2.05) is 0 Å². The first-order valence-electron chi connectivity index (χ1n) is 6.49. The summed E-state index contributed by atoms with van der Waals surface area (Å²) in [6.07, 6.45) is 1.75. The van der Waals surface area contributed by atoms with Crippen LogP contribution in [-0.2, 0) is 14.8 Å². The number of carbonyl (C=O) groups is 1. The van der Waals surface area contributed by atoms with E-state index in [0.29, 0.717) is 11.3 Å². The van der Waals surface area contributed by atoms with E-state index in [9.17, 15) is 13.2 Å². The topological polar surface area (TPSA) is 101 Å². The van der Waals surface area contributed by atoms with Gasteiger partial charge in [0.1, 0.15) is 0 Å². The number of nitrogens with one attached hydrogen (secondary N) is 2. The monoisotopic (exact) mass is 297 g/mol. The zero-order valence-electron chi connectivity index (χ0n) is 11.5. The highest BCUT2D eigenvalue weighted by Gasteiger charge is 2.29. The van der Waals surface area contributed by atoms with Crippen LogP contribution in [-0.4, -0.2) is 26.4 Å². The largest absolute Gasteiger partial charge is 0.325 e. The van der Waals surface area contributed by atoms with Crippen molar-refractivity contribution in [2.24, 2.45) is 5.73 Å². The van der Waals surface area contributed by atoms with Crippen LogP contribution in [0.4, 0.5) is 5.69 Å². The van der Waals surface area contributed by atoms with Gasteiger partial charge in [0.2, 0.25) is 15.9 Å². The van der Waals surface area contributed by atoms with Gasteiger partial charge >= 0.3 is 0 Å². The Balaban J connectivity index is 2.26. The molecule has 4 N–H and O–H groups in total. The Labute approximate surface area is 118 Å². The van der Waals surface area contributed by atoms with E-state index in [-0.39, 0.29) is 16.8 Å². The minimum absolute atomic E-state index is 0.0433. The third-order valence-corrected chi connectivity index (χ3v) is 4.72. The number of benzene rings is 1. The lowest BCUT2D eigenvalue weighted by molar-refractivity contribution is -0.117. The average Bonchev–Trinajstić information content (AvgIpc) is 3.14. The molecule has 1 aliphatic carbocycles. The number of aryl methyl sites for hydroxylation is 1. The number of rotatable bonds is 5. The Hall–Kier alpha value is -1.44. The Morgan fingerprint density at radius 2 is 2.05 bits per heavy atom. The number of amides is 1. The molecule has 1 saturated carbocycles. The first-order chi connectivity index (χ1) is 9.29. The third-order valence-electron chi connectivity index (χ3n) is 3.06. The average molecular weight is 297 g/mol. The van der Waals surface area contributed by atoms with E-state index >= 15 is 0 Å². The van der Waals surface area contributed by atoms with E-state index in [1.54, 1.807) is 26.0 Å². The number of carbonyl (C=O) groups excluding carboxylic acids is 1. The predicted octanol–water partition coefficient (Wildman–Crippen LogP) is 0.721. The summed E-state index contributed by atoms with van der Waals surface area (Å²) in [6, 6.07) is 4.17. The van der Waals surface area contributed by atoms with Gasteiger partial charge in [0, 0.05) is 11.7 Å². The van der Waals surface area contributed by atoms with Gasteiger partial charge in [-0.15, -0.1) is 0 Å². The van der Waals surface area contributed by atoms with Crippen molar-refractivity contribution in [3.05, 3.63) is 23.8 Å². The van der Waals surface area contributed by atoms with E-state index in [2.05, 4.69) is 10.0 Å². The molecule has 1 aliphatic rings. The molecule has 2 rings (SSSR count). The van der Waals surface area contributed by atoms with E-state index in [4.69, 9.17) is 5.73 Å². The quantitative estimate of drug-likeness (QED) is 0.745. The summed E-state index contributed by atoms with van der Waals surface area (Å²) in [5, 5.41) is 2.59. The van der Waals surface area contributed by atoms with Crippen LogP contribution in [0.1, 0.15) is 25.3 Å². The summed E-state index contributed by atoms with van der Waals surface area (Å²) in [5.74, 6) is -0.354. The molecule has 0 aliphatic heterocycles. The molecule has 0 spiro atoms. The fraction of sp³-hybridized carbons (Fsp3) is 0.462. The molecule has 110 valence electrons. The summed E-state index contributed by atoms with van der Waals surface area (Å²) in [5.41, 5.74) is 6.53. The second kappa shape index (κ2) is 5.51. The van der Waals surface area contributed by atoms with Crippen LogP contribution in [0.15, 0.2) is 23.1 Å². The first kappa shape index (κ1) is 15.0. The number of anilines is 1. The molecule has 1 atom stereocenters. The number of hydrogen-bond acceptors (Lipinski definition) is 4. The molecule has 0 unspecified atom stereocenters. The zero-order valence-corrected chi connectivity index (χ0v) is 12.3. The van der Waals surface area contributed by atoms with Gasteiger partial charge in [-0.3, -0.25) is 4.79 Å². The predicted molar refractivity (Wildman–Crippen MR) is 76.8 cm³/mol. The summed E-state index contributed by atoms with van der Waals surface area (Å²) < 4.78 is 27.1. The maximum atomic E-state index is 12.2. The van der Waals surface area contributed by atoms with Crippen molar-refractivity contribution in [2.45, 2.75) is 43.7 Å². The molecule has 1 fully saturated rings. The number of hydrogen-bond donors (Lipinski definition) is 3. The van der Waals surface area contributed by atoms with Crippen molar-refractivity contribution in [1.82, 2.24) is 4.72 Å². The molecular formula is C13H19N3O3S. The fourth-order valence-electron chi connectivity index (χ4n) is 1.71. The first-order valence-corrected chi connectivity index (χ1v) is 7.97. The molecule has 7 heteroatoms. The molecule has 0 saturated heterocycles. The van der Waals surface area contributed by atoms with Crippen LogP contribution < -0.4 is 15.8 Å². The van der Waals surface area contributed by atoms with Crippen molar-refractivity contribution in [2.75, 3.05) is 5.32 Å². The SMILES string of the molecule is Cc1ccc(NC(=O)[C@H](C)N)cc1S(=O)(=O)NC1CC1. The minimum atomic E-state index is -3.54. The van der Waals surface area contributed by atoms with Crippen LogP contribution in [0.25, 0.3) is 0 Å². The maximum absolute atomic E-state index is 12.2. The summed E-state index contributed by atoms with van der Waals surface area (Å²) in [6.45, 7) is 3.29. The normalized spacial score (nSPS) is 16.8. The lowest BCUT2D eigenvalue weighted by Crippen LogP contribution is -2.32. The van der Waals surface area contributed by atoms with Gasteiger partial charge in [-0.25, -0.2) is 13.1 Å². The van der Waals surface area contributed by atoms with Crippen molar-refractivity contribution >= 4 is 21.6 Å². The fourth-order valence-corrected chi connectivity index (χ4v) is 3.28. The smallest absolute Gasteiger partial charge is 0.241 e. The maximum Gasteiger partial charge on any atom is 0.241 e. The highest BCUT2D eigenvalue weighted by molar-refractivity contribution is 7.89. The summed E-state index contributed by atoms with van der Waals surface area (Å²) in [7, 11) is -3.54. The van der Waals surface area contributed by atoms with Crippen LogP contribution >= 0.6 is 0 Å². The second-order valence-corrected chi connectivity index (χ2v) is 6.84. The van der Waals surface area contributed by atoms with Gasteiger partial charge in [0.05, 0.1) is 10.9 Å². The highest BCUT2D eigenvalue weighted by Crippen LogP contribution is 2.25. The summed E-state index contributed by atoms with van der Waals surface area (Å²) >= 11 is 0. The molecular weight excluding hydrogens is 278 g/mol. The van der Waals surface area contributed by atoms with Gasteiger partial charge in [-0.2, -0.15) is 0 Å². The Bertz CT molecular complexity index is 622. The van der Waals surface area contributed by atoms with Gasteiger partial charge in [0.25, 0.3) is 0 Å². The summed E-state index contributed by atoms with van der Waals surface area (Å²) in [4.78, 5) is 11.7. The molecule has 20 heavy (non-hydrogen) atoms. The Kier molecular flexibility index (Phi) is 4.12. The molecule has 1 amide bonds. The minimum Gasteiger partial charge on any atom is -0.325 e. The van der Waals surface area contributed by atoms with E-state index in [1.165, 1.54) is 6.07 Å². The third kappa shape index (κ3) is 3.56. The molecule has 0 bridgehead atoms. The molecule has 0 aromatic heterocycles. The highest BCUT2D eigenvalue weighted by atomic mass is 32.2. The van der Waals surface area contributed by atoms with Crippen molar-refractivity contribution in [3.8, 4) is 0 Å². The standard InChI is InChI=1S/C13H19N3O3S/c1-8-3-4-11(15-13(17)9(2)14)7-12(8)20(18,19)16-10-5-6-10/h3-4,7,9-10,16H,5-6,14H2,1-2H3,(H,15,17)/t9-/m0/s1. The molecule has 1 aromatic carbocycles. The van der Waals surface area contributed by atoms with Gasteiger partial charge in [-0.05, 0) is 44.4 Å². The van der Waals surface area contributed by atoms with Gasteiger partial charge in [-0.1, -0.05) is 6.07 Å². The number of nitrogens with two attached hydrogens (primary N) is 1. The molecule has 6 nitrogen and oxygen atoms in total. The molecule has 0 heterocycles. The van der Waals surface area contributed by atoms with Gasteiger partial charge < -0.3 is 11.1 Å². The van der Waals surface area contributed by atoms with Crippen molar-refractivity contribution < 1.29 is 13.2 Å². The van der Waals surface area contributed by atoms with E-state index in [0.717, 1.165) is 12.8 Å². The molecule has 0 radical (unpaired) electrons. The van der Waals surface area contributed by atoms with Crippen LogP contribution in [0, 0.1) is 6.92 Å². The van der Waals surface area contributed by atoms with Crippen molar-refractivity contribution in [1.29, 1.82) is 0 Å². The number of sulfonamides is 1. The lowest BCUT2D eigenvalue weighted by Gasteiger charge is -2.12. The van der Waals surface area contributed by atoms with Crippen LogP contribution in [0.5, 0.6) is 0 Å². The van der Waals surface area contributed by atoms with Crippen LogP contribution in [0.2, 0.25) is 0 Å². The van der Waals surface area contributed by atoms with Gasteiger partial charge in [0.15, 0.2) is 0 Å². The molecule has 1 aromatic rings. The Morgan fingerprint density at radius 1 is 1.40 bits per heavy atom. The van der Waals surface area contributed by atoms with Crippen LogP contribution in [0.3, 0.4) is 0 Å². The van der Waals surface area contributed by atoms with Crippen molar-refractivity contribution in [3.63, 3.8) is 0 Å². The van der Waals surface area contributed by atoms with E-state index < -0.39 is 16.1 Å². The lowest BCUT2D eigenvalue weighted by atomic mass is 10.2. The zero-order chi connectivity index (χ0) is 14.9. The second-order valence-electron chi connectivity index (χ2n) is 5.15. The Morgan fingerprint density at radius 3 is 2.60 bits per heavy atom.